The summed E-state index contributed by atoms with van der Waals surface area (Å²) in [4.78, 5) is 12.2. The van der Waals surface area contributed by atoms with Gasteiger partial charge >= 0.3 is 0 Å². The Morgan fingerprint density at radius 1 is 1.08 bits per heavy atom. The molecule has 6 heteroatoms. The molecule has 0 aliphatic rings. The van der Waals surface area contributed by atoms with Crippen LogP contribution in [0.1, 0.15) is 12.0 Å². The first-order valence-corrected chi connectivity index (χ1v) is 9.41. The van der Waals surface area contributed by atoms with Gasteiger partial charge in [-0.2, -0.15) is 0 Å². The molecule has 2 aromatic carbocycles. The first-order chi connectivity index (χ1) is 12.7. The number of rotatable bonds is 5. The Kier molecular flexibility index (Phi) is 4.58. The lowest BCUT2D eigenvalue weighted by Gasteiger charge is -2.06. The second-order valence-electron chi connectivity index (χ2n) is 6.08. The molecule has 2 heterocycles. The van der Waals surface area contributed by atoms with Gasteiger partial charge in [0.05, 0.1) is 5.52 Å². The molecule has 0 spiro atoms. The number of para-hydroxylation sites is 1. The number of nitrogens with zero attached hydrogens (tertiary/aromatic N) is 3. The number of pyridine rings is 1. The van der Waals surface area contributed by atoms with E-state index in [1.165, 1.54) is 0 Å². The van der Waals surface area contributed by atoms with Crippen LogP contribution in [0.4, 0.5) is 5.69 Å². The molecule has 4 aromatic rings. The maximum absolute atomic E-state index is 12.2. The second kappa shape index (κ2) is 7.17. The number of hydrogen-bond donors (Lipinski definition) is 1. The quantitative estimate of drug-likeness (QED) is 0.538. The lowest BCUT2D eigenvalue weighted by atomic mass is 10.2. The van der Waals surface area contributed by atoms with E-state index in [-0.39, 0.29) is 5.91 Å². The minimum atomic E-state index is 0.00165. The molecule has 5 nitrogen and oxygen atoms in total. The predicted octanol–water partition coefficient (Wildman–Crippen LogP) is 4.31. The van der Waals surface area contributed by atoms with Gasteiger partial charge in [-0.3, -0.25) is 9.20 Å². The summed E-state index contributed by atoms with van der Waals surface area (Å²) in [5.41, 5.74) is 3.84. The largest absolute Gasteiger partial charge is 0.326 e. The van der Waals surface area contributed by atoms with Crippen LogP contribution in [0.5, 0.6) is 0 Å². The number of anilines is 1. The van der Waals surface area contributed by atoms with Crippen molar-refractivity contribution >= 4 is 39.9 Å². The van der Waals surface area contributed by atoms with E-state index < -0.39 is 0 Å². The number of amides is 1. The SMILES string of the molecule is Cc1cccc(NC(=O)CCSc2nnc3ccc4ccccc4n23)c1. The van der Waals surface area contributed by atoms with Crippen LogP contribution in [0.15, 0.2) is 65.8 Å². The molecular weight excluding hydrogens is 344 g/mol. The van der Waals surface area contributed by atoms with Gasteiger partial charge in [0.2, 0.25) is 5.91 Å². The number of thioether (sulfide) groups is 1. The number of benzene rings is 2. The molecule has 0 saturated carbocycles. The zero-order valence-electron chi connectivity index (χ0n) is 14.3. The topological polar surface area (TPSA) is 59.3 Å². The second-order valence-corrected chi connectivity index (χ2v) is 7.15. The Morgan fingerprint density at radius 3 is 2.85 bits per heavy atom. The average Bonchev–Trinajstić information content (AvgIpc) is 3.05. The Labute approximate surface area is 155 Å². The van der Waals surface area contributed by atoms with E-state index in [1.54, 1.807) is 11.8 Å². The van der Waals surface area contributed by atoms with Gasteiger partial charge in [-0.15, -0.1) is 10.2 Å². The number of aromatic nitrogens is 3. The summed E-state index contributed by atoms with van der Waals surface area (Å²) in [7, 11) is 0. The van der Waals surface area contributed by atoms with Crippen molar-refractivity contribution in [1.29, 1.82) is 0 Å². The third-order valence-corrected chi connectivity index (χ3v) is 5.04. The smallest absolute Gasteiger partial charge is 0.225 e. The van der Waals surface area contributed by atoms with Gasteiger partial charge in [-0.05, 0) is 48.2 Å². The van der Waals surface area contributed by atoms with Gasteiger partial charge in [0.1, 0.15) is 0 Å². The van der Waals surface area contributed by atoms with Crippen molar-refractivity contribution in [2.24, 2.45) is 0 Å². The summed E-state index contributed by atoms with van der Waals surface area (Å²) in [5.74, 6) is 0.642. The van der Waals surface area contributed by atoms with Crippen LogP contribution in [0, 0.1) is 6.92 Å². The minimum absolute atomic E-state index is 0.00165. The molecule has 0 unspecified atom stereocenters. The molecule has 0 fully saturated rings. The summed E-state index contributed by atoms with van der Waals surface area (Å²) in [6.07, 6.45) is 0.415. The Hall–Kier alpha value is -2.86. The molecule has 0 bridgehead atoms. The van der Waals surface area contributed by atoms with Crippen molar-refractivity contribution in [1.82, 2.24) is 14.6 Å². The van der Waals surface area contributed by atoms with Gasteiger partial charge in [0.15, 0.2) is 10.8 Å². The number of fused-ring (bicyclic) bond motifs is 3. The van der Waals surface area contributed by atoms with Crippen molar-refractivity contribution in [3.8, 4) is 0 Å². The lowest BCUT2D eigenvalue weighted by Crippen LogP contribution is -2.12. The van der Waals surface area contributed by atoms with Crippen molar-refractivity contribution in [3.63, 3.8) is 0 Å². The highest BCUT2D eigenvalue weighted by atomic mass is 32.2. The normalized spacial score (nSPS) is 11.1. The maximum atomic E-state index is 12.2. The first-order valence-electron chi connectivity index (χ1n) is 8.43. The number of carbonyl (C=O) groups is 1. The summed E-state index contributed by atoms with van der Waals surface area (Å²) in [6.45, 7) is 2.01. The maximum Gasteiger partial charge on any atom is 0.225 e. The van der Waals surface area contributed by atoms with Crippen LogP contribution >= 0.6 is 11.8 Å². The molecule has 26 heavy (non-hydrogen) atoms. The fourth-order valence-electron chi connectivity index (χ4n) is 2.89. The van der Waals surface area contributed by atoms with Gasteiger partial charge < -0.3 is 5.32 Å². The van der Waals surface area contributed by atoms with E-state index >= 15 is 0 Å². The zero-order valence-corrected chi connectivity index (χ0v) is 15.2. The fraction of sp³-hybridized carbons (Fsp3) is 0.150. The van der Waals surface area contributed by atoms with Crippen LogP contribution in [0.25, 0.3) is 16.6 Å². The molecule has 0 radical (unpaired) electrons. The van der Waals surface area contributed by atoms with E-state index in [9.17, 15) is 4.79 Å². The van der Waals surface area contributed by atoms with Gasteiger partial charge in [-0.25, -0.2) is 0 Å². The number of carbonyl (C=O) groups excluding carboxylic acids is 1. The third kappa shape index (κ3) is 3.41. The molecular formula is C20H18N4OS. The molecule has 130 valence electrons. The molecule has 0 saturated heterocycles. The first kappa shape index (κ1) is 16.6. The number of aryl methyl sites for hydroxylation is 1. The highest BCUT2D eigenvalue weighted by Crippen LogP contribution is 2.23. The van der Waals surface area contributed by atoms with Crippen LogP contribution < -0.4 is 5.32 Å². The predicted molar refractivity (Wildman–Crippen MR) is 106 cm³/mol. The van der Waals surface area contributed by atoms with Gasteiger partial charge in [-0.1, -0.05) is 42.1 Å². The van der Waals surface area contributed by atoms with E-state index in [4.69, 9.17) is 0 Å². The monoisotopic (exact) mass is 362 g/mol. The number of nitrogens with one attached hydrogen (secondary N) is 1. The highest BCUT2D eigenvalue weighted by Gasteiger charge is 2.10. The molecule has 0 aliphatic heterocycles. The van der Waals surface area contributed by atoms with E-state index in [2.05, 4.69) is 27.6 Å². The Bertz CT molecular complexity index is 1090. The Balaban J connectivity index is 1.45. The van der Waals surface area contributed by atoms with Crippen LogP contribution in [0.2, 0.25) is 0 Å². The lowest BCUT2D eigenvalue weighted by molar-refractivity contribution is -0.115. The summed E-state index contributed by atoms with van der Waals surface area (Å²) in [6, 6.07) is 20.0. The summed E-state index contributed by atoms with van der Waals surface area (Å²) in [5, 5.41) is 13.4. The van der Waals surface area contributed by atoms with E-state index in [0.29, 0.717) is 12.2 Å². The highest BCUT2D eigenvalue weighted by molar-refractivity contribution is 7.99. The van der Waals surface area contributed by atoms with Crippen molar-refractivity contribution < 1.29 is 4.79 Å². The third-order valence-electron chi connectivity index (χ3n) is 4.11. The fourth-order valence-corrected chi connectivity index (χ4v) is 3.78. The Morgan fingerprint density at radius 2 is 1.96 bits per heavy atom. The van der Waals surface area contributed by atoms with Crippen LogP contribution in [-0.2, 0) is 4.79 Å². The average molecular weight is 362 g/mol. The van der Waals surface area contributed by atoms with Crippen molar-refractivity contribution in [2.45, 2.75) is 18.5 Å². The van der Waals surface area contributed by atoms with Crippen LogP contribution in [-0.4, -0.2) is 26.3 Å². The summed E-state index contributed by atoms with van der Waals surface area (Å²) < 4.78 is 2.04. The molecule has 2 aromatic heterocycles. The minimum Gasteiger partial charge on any atom is -0.326 e. The van der Waals surface area contributed by atoms with Crippen molar-refractivity contribution in [3.05, 3.63) is 66.2 Å². The standard InChI is InChI=1S/C20H18N4OS/c1-14-5-4-7-16(13-14)21-19(25)11-12-26-20-23-22-18-10-9-15-6-2-3-8-17(15)24(18)20/h2-10,13H,11-12H2,1H3,(H,21,25). The van der Waals surface area contributed by atoms with Crippen LogP contribution in [0.3, 0.4) is 0 Å². The van der Waals surface area contributed by atoms with Gasteiger partial charge in [0, 0.05) is 17.9 Å². The summed E-state index contributed by atoms with van der Waals surface area (Å²) >= 11 is 1.54. The van der Waals surface area contributed by atoms with E-state index in [0.717, 1.165) is 33.0 Å². The molecule has 0 aliphatic carbocycles. The zero-order chi connectivity index (χ0) is 17.9. The molecule has 1 amide bonds. The molecule has 0 atom stereocenters. The number of hydrogen-bond acceptors (Lipinski definition) is 4. The van der Waals surface area contributed by atoms with Crippen molar-refractivity contribution in [2.75, 3.05) is 11.1 Å². The molecule has 1 N–H and O–H groups in total. The molecule has 4 rings (SSSR count). The van der Waals surface area contributed by atoms with Gasteiger partial charge in [0.25, 0.3) is 0 Å². The van der Waals surface area contributed by atoms with E-state index in [1.807, 2.05) is 59.9 Å².